The van der Waals surface area contributed by atoms with Crippen molar-refractivity contribution in [2.45, 2.75) is 6.18 Å². The number of anilines is 1. The zero-order chi connectivity index (χ0) is 24.4. The van der Waals surface area contributed by atoms with Crippen molar-refractivity contribution in [1.29, 1.82) is 0 Å². The molecular weight excluding hydrogens is 481 g/mol. The lowest BCUT2D eigenvalue weighted by atomic mass is 10.1. The molecule has 5 rings (SSSR count). The first-order valence-corrected chi connectivity index (χ1v) is 11.3. The molecule has 3 heterocycles. The Morgan fingerprint density at radius 3 is 2.43 bits per heavy atom. The van der Waals surface area contributed by atoms with Crippen LogP contribution >= 0.6 is 11.3 Å². The third kappa shape index (κ3) is 5.15. The molecule has 0 bridgehead atoms. The molecule has 0 aliphatic carbocycles. The molecule has 1 fully saturated rings. The van der Waals surface area contributed by atoms with Crippen LogP contribution in [0.4, 0.5) is 18.3 Å². The van der Waals surface area contributed by atoms with Gasteiger partial charge in [0.25, 0.3) is 5.91 Å². The van der Waals surface area contributed by atoms with Crippen LogP contribution in [0.2, 0.25) is 0 Å². The van der Waals surface area contributed by atoms with E-state index in [9.17, 15) is 18.0 Å². The van der Waals surface area contributed by atoms with Gasteiger partial charge in [-0.15, -0.1) is 0 Å². The molecule has 1 aliphatic heterocycles. The predicted octanol–water partition coefficient (Wildman–Crippen LogP) is 5.44. The lowest BCUT2D eigenvalue weighted by Crippen LogP contribution is -2.41. The average molecular weight is 498 g/mol. The predicted molar refractivity (Wildman–Crippen MR) is 123 cm³/mol. The molecule has 35 heavy (non-hydrogen) atoms. The number of halogens is 3. The van der Waals surface area contributed by atoms with Crippen molar-refractivity contribution in [3.63, 3.8) is 0 Å². The Bertz CT molecular complexity index is 1340. The number of alkyl halides is 3. The molecule has 0 saturated carbocycles. The van der Waals surface area contributed by atoms with Crippen molar-refractivity contribution >= 4 is 22.4 Å². The quantitative estimate of drug-likeness (QED) is 0.365. The van der Waals surface area contributed by atoms with Gasteiger partial charge in [0.2, 0.25) is 0 Å². The molecule has 2 aromatic heterocycles. The van der Waals surface area contributed by atoms with Gasteiger partial charge in [-0.3, -0.25) is 9.69 Å². The van der Waals surface area contributed by atoms with Gasteiger partial charge in [-0.2, -0.15) is 13.2 Å². The summed E-state index contributed by atoms with van der Waals surface area (Å²) in [5.41, 5.74) is 0.972. The highest BCUT2D eigenvalue weighted by Gasteiger charge is 2.30. The number of benzene rings is 2. The zero-order valence-corrected chi connectivity index (χ0v) is 18.8. The van der Waals surface area contributed by atoms with Gasteiger partial charge in [-0.05, 0) is 47.5 Å². The molecule has 0 radical (unpaired) electrons. The first kappa shape index (κ1) is 22.9. The van der Waals surface area contributed by atoms with Crippen LogP contribution in [0.5, 0.6) is 11.8 Å². The molecule has 7 nitrogen and oxygen atoms in total. The maximum Gasteiger partial charge on any atom is 0.416 e. The number of amides is 1. The smallest absolute Gasteiger partial charge is 0.416 e. The van der Waals surface area contributed by atoms with Gasteiger partial charge in [0.05, 0.1) is 23.6 Å². The second-order valence-corrected chi connectivity index (χ2v) is 8.57. The van der Waals surface area contributed by atoms with Gasteiger partial charge in [-0.25, -0.2) is 15.0 Å². The number of thiazole rings is 1. The van der Waals surface area contributed by atoms with Crippen LogP contribution in [0.25, 0.3) is 21.6 Å². The standard InChI is InChI=1S/C24H17F3N4O3S/c25-24(26,27)18-3-1-2-16(10-18)17-11-28-22(29-12-17)34-19-6-4-15(5-7-19)20-13-30-23(35-20)31-8-9-33-14-21(31)32/h1-7,10-13H,8-9,14H2. The third-order valence-electron chi connectivity index (χ3n) is 5.21. The third-order valence-corrected chi connectivity index (χ3v) is 6.28. The minimum absolute atomic E-state index is 0.0595. The van der Waals surface area contributed by atoms with E-state index in [0.717, 1.165) is 22.6 Å². The van der Waals surface area contributed by atoms with Gasteiger partial charge in [-0.1, -0.05) is 23.5 Å². The summed E-state index contributed by atoms with van der Waals surface area (Å²) in [5.74, 6) is 0.383. The Kier molecular flexibility index (Phi) is 6.18. The lowest BCUT2D eigenvalue weighted by molar-refractivity contribution is -0.137. The van der Waals surface area contributed by atoms with Gasteiger partial charge < -0.3 is 9.47 Å². The number of hydrogen-bond donors (Lipinski definition) is 0. The monoisotopic (exact) mass is 498 g/mol. The Balaban J connectivity index is 1.26. The summed E-state index contributed by atoms with van der Waals surface area (Å²) in [6.07, 6.45) is 0.122. The number of rotatable bonds is 5. The highest BCUT2D eigenvalue weighted by atomic mass is 32.1. The van der Waals surface area contributed by atoms with Crippen LogP contribution in [0.3, 0.4) is 0 Å². The summed E-state index contributed by atoms with van der Waals surface area (Å²) < 4.78 is 49.7. The number of nitrogens with zero attached hydrogens (tertiary/aromatic N) is 4. The molecule has 2 aromatic carbocycles. The fourth-order valence-corrected chi connectivity index (χ4v) is 4.39. The van der Waals surface area contributed by atoms with Crippen molar-refractivity contribution in [2.24, 2.45) is 0 Å². The van der Waals surface area contributed by atoms with E-state index >= 15 is 0 Å². The highest BCUT2D eigenvalue weighted by Crippen LogP contribution is 2.34. The number of hydrogen-bond acceptors (Lipinski definition) is 7. The minimum Gasteiger partial charge on any atom is -0.424 e. The molecule has 0 spiro atoms. The topological polar surface area (TPSA) is 77.4 Å². The number of carbonyl (C=O) groups excluding carboxylic acids is 1. The highest BCUT2D eigenvalue weighted by molar-refractivity contribution is 7.19. The van der Waals surface area contributed by atoms with Crippen molar-refractivity contribution in [3.8, 4) is 33.3 Å². The molecule has 4 aromatic rings. The molecule has 0 N–H and O–H groups in total. The van der Waals surface area contributed by atoms with Crippen LogP contribution in [-0.2, 0) is 15.7 Å². The first-order chi connectivity index (χ1) is 16.9. The van der Waals surface area contributed by atoms with Crippen molar-refractivity contribution in [1.82, 2.24) is 15.0 Å². The van der Waals surface area contributed by atoms with Crippen LogP contribution in [-0.4, -0.2) is 40.6 Å². The van der Waals surface area contributed by atoms with Gasteiger partial charge >= 0.3 is 12.2 Å². The van der Waals surface area contributed by atoms with E-state index in [1.54, 1.807) is 29.3 Å². The van der Waals surface area contributed by atoms with Crippen LogP contribution in [0.1, 0.15) is 5.56 Å². The average Bonchev–Trinajstić information content (AvgIpc) is 3.35. The summed E-state index contributed by atoms with van der Waals surface area (Å²) in [6, 6.07) is 12.2. The van der Waals surface area contributed by atoms with Gasteiger partial charge in [0, 0.05) is 24.2 Å². The number of aromatic nitrogens is 3. The van der Waals surface area contributed by atoms with E-state index in [1.165, 1.54) is 29.8 Å². The summed E-state index contributed by atoms with van der Waals surface area (Å²) in [5, 5.41) is 0.628. The maximum atomic E-state index is 13.0. The first-order valence-electron chi connectivity index (χ1n) is 10.5. The minimum atomic E-state index is -4.42. The van der Waals surface area contributed by atoms with E-state index in [4.69, 9.17) is 9.47 Å². The second kappa shape index (κ2) is 9.43. The Hall–Kier alpha value is -3.83. The van der Waals surface area contributed by atoms with Crippen LogP contribution in [0.15, 0.2) is 67.1 Å². The summed E-state index contributed by atoms with van der Waals surface area (Å²) in [6.45, 7) is 1.02. The molecular formula is C24H17F3N4O3S. The van der Waals surface area contributed by atoms with Crippen LogP contribution in [0, 0.1) is 0 Å². The van der Waals surface area contributed by atoms with Gasteiger partial charge in [0.1, 0.15) is 12.4 Å². The van der Waals surface area contributed by atoms with E-state index in [0.29, 0.717) is 35.2 Å². The Morgan fingerprint density at radius 2 is 1.71 bits per heavy atom. The Labute approximate surface area is 201 Å². The molecule has 11 heteroatoms. The van der Waals surface area contributed by atoms with E-state index < -0.39 is 11.7 Å². The molecule has 178 valence electrons. The van der Waals surface area contributed by atoms with E-state index in [-0.39, 0.29) is 18.5 Å². The Morgan fingerprint density at radius 1 is 0.943 bits per heavy atom. The molecule has 1 amide bonds. The zero-order valence-electron chi connectivity index (χ0n) is 18.0. The summed E-state index contributed by atoms with van der Waals surface area (Å²) in [4.78, 5) is 27.1. The van der Waals surface area contributed by atoms with Gasteiger partial charge in [0.15, 0.2) is 5.13 Å². The number of carbonyl (C=O) groups is 1. The largest absolute Gasteiger partial charge is 0.424 e. The number of morpholine rings is 1. The van der Waals surface area contributed by atoms with Crippen molar-refractivity contribution in [3.05, 3.63) is 72.7 Å². The van der Waals surface area contributed by atoms with Crippen molar-refractivity contribution < 1.29 is 27.4 Å². The summed E-state index contributed by atoms with van der Waals surface area (Å²) >= 11 is 1.41. The normalized spacial score (nSPS) is 14.3. The van der Waals surface area contributed by atoms with E-state index in [1.807, 2.05) is 12.1 Å². The SMILES string of the molecule is O=C1COCCN1c1ncc(-c2ccc(Oc3ncc(-c4cccc(C(F)(F)F)c4)cn3)cc2)s1. The molecule has 0 unspecified atom stereocenters. The van der Waals surface area contributed by atoms with Crippen LogP contribution < -0.4 is 9.64 Å². The fraction of sp³-hybridized carbons (Fsp3) is 0.167. The molecule has 1 aliphatic rings. The lowest BCUT2D eigenvalue weighted by Gasteiger charge is -2.23. The molecule has 0 atom stereocenters. The van der Waals surface area contributed by atoms with E-state index in [2.05, 4.69) is 15.0 Å². The van der Waals surface area contributed by atoms with Crippen molar-refractivity contribution in [2.75, 3.05) is 24.7 Å². The summed E-state index contributed by atoms with van der Waals surface area (Å²) in [7, 11) is 0. The fourth-order valence-electron chi connectivity index (χ4n) is 3.43. The maximum absolute atomic E-state index is 13.0. The second-order valence-electron chi connectivity index (χ2n) is 7.56. The molecule has 1 saturated heterocycles. The number of ether oxygens (including phenoxy) is 2.